The summed E-state index contributed by atoms with van der Waals surface area (Å²) >= 11 is 0. The Kier molecular flexibility index (Phi) is 5.86. The van der Waals surface area contributed by atoms with E-state index in [2.05, 4.69) is 49.2 Å². The molecule has 3 heteroatoms. The molecular weight excluding hydrogens is 248 g/mol. The van der Waals surface area contributed by atoms with Crippen LogP contribution in [0.25, 0.3) is 0 Å². The number of rotatable bonds is 7. The summed E-state index contributed by atoms with van der Waals surface area (Å²) < 4.78 is 5.73. The van der Waals surface area contributed by atoms with Gasteiger partial charge in [-0.25, -0.2) is 0 Å². The number of ether oxygens (including phenoxy) is 1. The largest absolute Gasteiger partial charge is 0.491 e. The van der Waals surface area contributed by atoms with Gasteiger partial charge in [-0.15, -0.1) is 0 Å². The maximum atomic E-state index is 5.73. The Bertz CT molecular complexity index is 406. The average Bonchev–Trinajstić information content (AvgIpc) is 2.86. The Morgan fingerprint density at radius 2 is 2.25 bits per heavy atom. The average molecular weight is 276 g/mol. The van der Waals surface area contributed by atoms with Gasteiger partial charge in [0.15, 0.2) is 0 Å². The van der Waals surface area contributed by atoms with E-state index in [1.165, 1.54) is 31.6 Å². The first-order chi connectivity index (χ1) is 9.67. The lowest BCUT2D eigenvalue weighted by molar-refractivity contribution is 0.242. The summed E-state index contributed by atoms with van der Waals surface area (Å²) in [6, 6.07) is 8.40. The summed E-state index contributed by atoms with van der Waals surface area (Å²) in [5, 5.41) is 3.59. The quantitative estimate of drug-likeness (QED) is 0.829. The first-order valence-electron chi connectivity index (χ1n) is 7.86. The van der Waals surface area contributed by atoms with Crippen LogP contribution in [0.15, 0.2) is 24.3 Å². The van der Waals surface area contributed by atoms with Crippen molar-refractivity contribution < 1.29 is 4.74 Å². The van der Waals surface area contributed by atoms with Gasteiger partial charge in [0.2, 0.25) is 0 Å². The van der Waals surface area contributed by atoms with E-state index in [-0.39, 0.29) is 6.10 Å². The molecule has 1 N–H and O–H groups in total. The topological polar surface area (TPSA) is 24.5 Å². The van der Waals surface area contributed by atoms with E-state index in [9.17, 15) is 0 Å². The molecule has 1 aliphatic heterocycles. The molecule has 2 rings (SSSR count). The second-order valence-electron chi connectivity index (χ2n) is 5.99. The number of likely N-dealkylation sites (tertiary alicyclic amines) is 1. The lowest BCUT2D eigenvalue weighted by Gasteiger charge is -2.14. The zero-order chi connectivity index (χ0) is 14.4. The molecule has 112 valence electrons. The number of hydrogen-bond donors (Lipinski definition) is 1. The van der Waals surface area contributed by atoms with E-state index >= 15 is 0 Å². The van der Waals surface area contributed by atoms with E-state index in [0.29, 0.717) is 0 Å². The normalized spacial score (nSPS) is 19.7. The van der Waals surface area contributed by atoms with Crippen molar-refractivity contribution in [2.24, 2.45) is 5.92 Å². The molecule has 1 aromatic carbocycles. The van der Waals surface area contributed by atoms with Crippen LogP contribution in [0.5, 0.6) is 5.75 Å². The second-order valence-corrected chi connectivity index (χ2v) is 5.99. The van der Waals surface area contributed by atoms with Crippen LogP contribution in [0, 0.1) is 5.92 Å². The Morgan fingerprint density at radius 1 is 1.40 bits per heavy atom. The lowest BCUT2D eigenvalue weighted by atomic mass is 10.1. The van der Waals surface area contributed by atoms with Crippen LogP contribution in [0.4, 0.5) is 0 Å². The Labute approximate surface area is 123 Å². The number of nitrogens with zero attached hydrogens (tertiary/aromatic N) is 1. The minimum atomic E-state index is 0.233. The molecule has 0 saturated carbocycles. The Hall–Kier alpha value is -1.06. The van der Waals surface area contributed by atoms with Crippen LogP contribution in [0.3, 0.4) is 0 Å². The van der Waals surface area contributed by atoms with Gasteiger partial charge in [-0.05, 0) is 63.5 Å². The van der Waals surface area contributed by atoms with Crippen molar-refractivity contribution in [2.45, 2.75) is 39.8 Å². The highest BCUT2D eigenvalue weighted by Crippen LogP contribution is 2.16. The Balaban J connectivity index is 1.74. The highest BCUT2D eigenvalue weighted by molar-refractivity contribution is 5.28. The van der Waals surface area contributed by atoms with E-state index < -0.39 is 0 Å². The predicted molar refractivity (Wildman–Crippen MR) is 84.1 cm³/mol. The van der Waals surface area contributed by atoms with Gasteiger partial charge < -0.3 is 15.0 Å². The molecule has 1 aromatic rings. The molecule has 1 unspecified atom stereocenters. The summed E-state index contributed by atoms with van der Waals surface area (Å²) in [6.45, 7) is 12.1. The van der Waals surface area contributed by atoms with Crippen LogP contribution >= 0.6 is 0 Å². The molecule has 1 fully saturated rings. The monoisotopic (exact) mass is 276 g/mol. The fourth-order valence-corrected chi connectivity index (χ4v) is 2.79. The molecule has 0 spiro atoms. The van der Waals surface area contributed by atoms with E-state index in [4.69, 9.17) is 4.74 Å². The third-order valence-corrected chi connectivity index (χ3v) is 3.85. The maximum absolute atomic E-state index is 5.73. The number of nitrogens with one attached hydrogen (secondary N) is 1. The predicted octanol–water partition coefficient (Wildman–Crippen LogP) is 2.91. The molecule has 20 heavy (non-hydrogen) atoms. The van der Waals surface area contributed by atoms with Crippen LogP contribution in [-0.4, -0.2) is 37.2 Å². The third kappa shape index (κ3) is 4.80. The molecule has 0 aromatic heterocycles. The van der Waals surface area contributed by atoms with Crippen molar-refractivity contribution in [3.05, 3.63) is 29.8 Å². The first kappa shape index (κ1) is 15.3. The minimum absolute atomic E-state index is 0.233. The maximum Gasteiger partial charge on any atom is 0.120 e. The SMILES string of the molecule is CCN1CCC(CNCc2cccc(OC(C)C)c2)C1. The molecule has 0 aliphatic carbocycles. The van der Waals surface area contributed by atoms with Crippen molar-refractivity contribution >= 4 is 0 Å². The van der Waals surface area contributed by atoms with Gasteiger partial charge in [0.25, 0.3) is 0 Å². The van der Waals surface area contributed by atoms with Gasteiger partial charge >= 0.3 is 0 Å². The molecule has 0 bridgehead atoms. The first-order valence-corrected chi connectivity index (χ1v) is 7.86. The van der Waals surface area contributed by atoms with Gasteiger partial charge in [0, 0.05) is 13.1 Å². The molecular formula is C17H28N2O. The van der Waals surface area contributed by atoms with Crippen LogP contribution in [0.1, 0.15) is 32.8 Å². The number of hydrogen-bond acceptors (Lipinski definition) is 3. The van der Waals surface area contributed by atoms with Gasteiger partial charge in [-0.3, -0.25) is 0 Å². The number of benzene rings is 1. The second kappa shape index (κ2) is 7.65. The Morgan fingerprint density at radius 3 is 2.95 bits per heavy atom. The molecule has 0 amide bonds. The fourth-order valence-electron chi connectivity index (χ4n) is 2.79. The molecule has 1 aliphatic rings. The molecule has 3 nitrogen and oxygen atoms in total. The van der Waals surface area contributed by atoms with Gasteiger partial charge in [-0.1, -0.05) is 19.1 Å². The summed E-state index contributed by atoms with van der Waals surface area (Å²) in [7, 11) is 0. The van der Waals surface area contributed by atoms with Gasteiger partial charge in [0.05, 0.1) is 6.10 Å². The van der Waals surface area contributed by atoms with E-state index in [1.807, 2.05) is 6.07 Å². The summed E-state index contributed by atoms with van der Waals surface area (Å²) in [6.07, 6.45) is 1.56. The molecule has 0 radical (unpaired) electrons. The summed E-state index contributed by atoms with van der Waals surface area (Å²) in [5.74, 6) is 1.78. The van der Waals surface area contributed by atoms with E-state index in [1.54, 1.807) is 0 Å². The van der Waals surface area contributed by atoms with Crippen LogP contribution in [0.2, 0.25) is 0 Å². The third-order valence-electron chi connectivity index (χ3n) is 3.85. The summed E-state index contributed by atoms with van der Waals surface area (Å²) in [4.78, 5) is 2.53. The minimum Gasteiger partial charge on any atom is -0.491 e. The lowest BCUT2D eigenvalue weighted by Crippen LogP contribution is -2.26. The molecule has 1 saturated heterocycles. The smallest absolute Gasteiger partial charge is 0.120 e. The van der Waals surface area contributed by atoms with Crippen molar-refractivity contribution in [2.75, 3.05) is 26.2 Å². The van der Waals surface area contributed by atoms with Crippen molar-refractivity contribution in [1.29, 1.82) is 0 Å². The zero-order valence-electron chi connectivity index (χ0n) is 13.1. The molecule has 1 heterocycles. The highest BCUT2D eigenvalue weighted by atomic mass is 16.5. The van der Waals surface area contributed by atoms with Gasteiger partial charge in [0.1, 0.15) is 5.75 Å². The van der Waals surface area contributed by atoms with Gasteiger partial charge in [-0.2, -0.15) is 0 Å². The van der Waals surface area contributed by atoms with Crippen molar-refractivity contribution in [3.8, 4) is 5.75 Å². The standard InChI is InChI=1S/C17H28N2O/c1-4-19-9-8-16(13-19)12-18-11-15-6-5-7-17(10-15)20-14(2)3/h5-7,10,14,16,18H,4,8-9,11-13H2,1-3H3. The zero-order valence-corrected chi connectivity index (χ0v) is 13.1. The highest BCUT2D eigenvalue weighted by Gasteiger charge is 2.20. The summed E-state index contributed by atoms with van der Waals surface area (Å²) in [5.41, 5.74) is 1.30. The molecule has 1 atom stereocenters. The van der Waals surface area contributed by atoms with Crippen molar-refractivity contribution in [3.63, 3.8) is 0 Å². The van der Waals surface area contributed by atoms with E-state index in [0.717, 1.165) is 24.8 Å². The van der Waals surface area contributed by atoms with Crippen LogP contribution in [-0.2, 0) is 6.54 Å². The van der Waals surface area contributed by atoms with Crippen molar-refractivity contribution in [1.82, 2.24) is 10.2 Å². The fraction of sp³-hybridized carbons (Fsp3) is 0.647. The van der Waals surface area contributed by atoms with Crippen LogP contribution < -0.4 is 10.1 Å².